The number of carbonyl (C=O) groups is 2. The lowest BCUT2D eigenvalue weighted by atomic mass is 9.98. The number of carboxylic acid groups (broad SMARTS) is 1. The molecule has 0 radical (unpaired) electrons. The Kier molecular flexibility index (Phi) is 5.01. The number of rotatable bonds is 5. The Balaban J connectivity index is 3.33. The predicted octanol–water partition coefficient (Wildman–Crippen LogP) is 0.184. The van der Waals surface area contributed by atoms with E-state index in [1.54, 1.807) is 20.8 Å². The molecule has 2 N–H and O–H groups in total. The molecule has 7 heteroatoms. The van der Waals surface area contributed by atoms with Crippen LogP contribution in [0.25, 0.3) is 0 Å². The molecule has 0 aliphatic carbocycles. The third kappa shape index (κ3) is 3.23. The van der Waals surface area contributed by atoms with Crippen molar-refractivity contribution in [1.29, 1.82) is 0 Å². The first-order valence-corrected chi connectivity index (χ1v) is 6.37. The highest BCUT2D eigenvalue weighted by molar-refractivity contribution is 5.77. The summed E-state index contributed by atoms with van der Waals surface area (Å²) in [6, 6.07) is 0. The average Bonchev–Trinajstić information content (AvgIpc) is 2.34. The number of carbonyl (C=O) groups excluding carboxylic acids is 1. The Hall–Kier alpha value is -2.18. The molecular formula is C13H19N3O4. The summed E-state index contributed by atoms with van der Waals surface area (Å²) in [5.74, 6) is -2.10. The van der Waals surface area contributed by atoms with E-state index in [9.17, 15) is 14.4 Å². The maximum atomic E-state index is 11.9. The highest BCUT2D eigenvalue weighted by Crippen LogP contribution is 2.21. The van der Waals surface area contributed by atoms with E-state index < -0.39 is 17.6 Å². The van der Waals surface area contributed by atoms with Gasteiger partial charge < -0.3 is 10.4 Å². The van der Waals surface area contributed by atoms with Crippen molar-refractivity contribution in [2.75, 3.05) is 6.54 Å². The number of aliphatic carboxylic acids is 1. The normalized spacial score (nSPS) is 12.0. The quantitative estimate of drug-likeness (QED) is 0.802. The number of hydrogen-bond donors (Lipinski definition) is 2. The molecule has 0 spiro atoms. The minimum absolute atomic E-state index is 0.162. The third-order valence-corrected chi connectivity index (χ3v) is 3.16. The predicted molar refractivity (Wildman–Crippen MR) is 72.7 cm³/mol. The molecule has 0 aliphatic heterocycles. The fourth-order valence-electron chi connectivity index (χ4n) is 2.15. The van der Waals surface area contributed by atoms with Crippen LogP contribution in [0.1, 0.15) is 36.7 Å². The maximum absolute atomic E-state index is 11.9. The van der Waals surface area contributed by atoms with Crippen molar-refractivity contribution in [3.63, 3.8) is 0 Å². The van der Waals surface area contributed by atoms with Crippen LogP contribution in [-0.4, -0.2) is 33.1 Å². The van der Waals surface area contributed by atoms with Crippen LogP contribution in [0.2, 0.25) is 0 Å². The molecule has 0 saturated carbocycles. The zero-order chi connectivity index (χ0) is 15.4. The Labute approximate surface area is 116 Å². The summed E-state index contributed by atoms with van der Waals surface area (Å²) in [4.78, 5) is 38.4. The number of aromatic nitrogens is 2. The van der Waals surface area contributed by atoms with Crippen LogP contribution in [-0.2, 0) is 16.1 Å². The van der Waals surface area contributed by atoms with Crippen LogP contribution < -0.4 is 11.0 Å². The lowest BCUT2D eigenvalue weighted by Crippen LogP contribution is -2.36. The molecule has 1 amide bonds. The number of carboxylic acids is 1. The van der Waals surface area contributed by atoms with E-state index in [-0.39, 0.29) is 12.5 Å². The second kappa shape index (κ2) is 6.31. The molecule has 0 aliphatic rings. The van der Waals surface area contributed by atoms with E-state index >= 15 is 0 Å². The molecule has 1 unspecified atom stereocenters. The molecule has 1 aromatic heterocycles. The highest BCUT2D eigenvalue weighted by Gasteiger charge is 2.22. The van der Waals surface area contributed by atoms with Crippen LogP contribution >= 0.6 is 0 Å². The van der Waals surface area contributed by atoms with E-state index in [0.717, 1.165) is 0 Å². The summed E-state index contributed by atoms with van der Waals surface area (Å²) in [7, 11) is 0. The molecule has 7 nitrogen and oxygen atoms in total. The molecule has 20 heavy (non-hydrogen) atoms. The molecule has 0 fully saturated rings. The first-order valence-electron chi connectivity index (χ1n) is 6.37. The molecule has 0 saturated heterocycles. The van der Waals surface area contributed by atoms with E-state index in [1.165, 1.54) is 11.5 Å². The zero-order valence-corrected chi connectivity index (χ0v) is 12.1. The van der Waals surface area contributed by atoms with Gasteiger partial charge in [-0.25, -0.2) is 4.79 Å². The smallest absolute Gasteiger partial charge is 0.348 e. The third-order valence-electron chi connectivity index (χ3n) is 3.16. The highest BCUT2D eigenvalue weighted by atomic mass is 16.4. The first kappa shape index (κ1) is 15.9. The van der Waals surface area contributed by atoms with Gasteiger partial charge in [0.05, 0.1) is 5.92 Å². The van der Waals surface area contributed by atoms with Gasteiger partial charge in [-0.05, 0) is 27.7 Å². The van der Waals surface area contributed by atoms with Gasteiger partial charge in [0, 0.05) is 23.5 Å². The number of nitrogens with zero attached hydrogens (tertiary/aromatic N) is 2. The van der Waals surface area contributed by atoms with E-state index in [0.29, 0.717) is 23.5 Å². The van der Waals surface area contributed by atoms with Gasteiger partial charge in [0.1, 0.15) is 6.54 Å². The maximum Gasteiger partial charge on any atom is 0.348 e. The van der Waals surface area contributed by atoms with Gasteiger partial charge in [0.2, 0.25) is 5.91 Å². The van der Waals surface area contributed by atoms with Crippen LogP contribution in [0.4, 0.5) is 0 Å². The minimum atomic E-state index is -0.999. The summed E-state index contributed by atoms with van der Waals surface area (Å²) in [6.45, 7) is 6.83. The fraction of sp³-hybridized carbons (Fsp3) is 0.538. The summed E-state index contributed by atoms with van der Waals surface area (Å²) in [5.41, 5.74) is 0.771. The number of nitrogens with one attached hydrogen (secondary N) is 1. The van der Waals surface area contributed by atoms with Crippen molar-refractivity contribution < 1.29 is 14.7 Å². The topological polar surface area (TPSA) is 101 Å². The molecular weight excluding hydrogens is 262 g/mol. The Morgan fingerprint density at radius 2 is 2.00 bits per heavy atom. The van der Waals surface area contributed by atoms with Gasteiger partial charge in [-0.3, -0.25) is 14.2 Å². The molecule has 1 rings (SSSR count). The van der Waals surface area contributed by atoms with Crippen molar-refractivity contribution in [1.82, 2.24) is 14.9 Å². The van der Waals surface area contributed by atoms with E-state index in [4.69, 9.17) is 5.11 Å². The van der Waals surface area contributed by atoms with Crippen molar-refractivity contribution in [2.24, 2.45) is 0 Å². The Bertz CT molecular complexity index is 592. The van der Waals surface area contributed by atoms with Crippen LogP contribution in [0.3, 0.4) is 0 Å². The van der Waals surface area contributed by atoms with Gasteiger partial charge in [0.15, 0.2) is 0 Å². The lowest BCUT2D eigenvalue weighted by molar-refractivity contribution is -0.138. The first-order chi connectivity index (χ1) is 9.29. The standard InChI is InChI=1S/C13H19N3O4/c1-5-14-10(17)6-16-9(4)11(7(2)12(18)19)8(3)15-13(16)20/h7H,5-6H2,1-4H3,(H,14,17)(H,18,19). The van der Waals surface area contributed by atoms with Crippen molar-refractivity contribution in [3.8, 4) is 0 Å². The summed E-state index contributed by atoms with van der Waals surface area (Å²) < 4.78 is 1.20. The number of aryl methyl sites for hydroxylation is 1. The fourth-order valence-corrected chi connectivity index (χ4v) is 2.15. The molecule has 0 aromatic carbocycles. The van der Waals surface area contributed by atoms with Crippen LogP contribution in [0, 0.1) is 13.8 Å². The van der Waals surface area contributed by atoms with Gasteiger partial charge >= 0.3 is 11.7 Å². The monoisotopic (exact) mass is 281 g/mol. The number of amides is 1. The summed E-state index contributed by atoms with van der Waals surface area (Å²) in [6.07, 6.45) is 0. The molecule has 110 valence electrons. The Morgan fingerprint density at radius 3 is 2.50 bits per heavy atom. The second-order valence-electron chi connectivity index (χ2n) is 4.58. The van der Waals surface area contributed by atoms with Crippen molar-refractivity contribution in [3.05, 3.63) is 27.4 Å². The van der Waals surface area contributed by atoms with E-state index in [2.05, 4.69) is 10.3 Å². The van der Waals surface area contributed by atoms with Crippen LogP contribution in [0.15, 0.2) is 4.79 Å². The Morgan fingerprint density at radius 1 is 1.40 bits per heavy atom. The SMILES string of the molecule is CCNC(=O)Cn1c(C)c(C(C)C(=O)O)c(C)nc1=O. The minimum Gasteiger partial charge on any atom is -0.481 e. The van der Waals surface area contributed by atoms with Crippen LogP contribution in [0.5, 0.6) is 0 Å². The number of likely N-dealkylation sites (N-methyl/N-ethyl adjacent to an activating group) is 1. The van der Waals surface area contributed by atoms with Gasteiger partial charge in [-0.2, -0.15) is 4.98 Å². The largest absolute Gasteiger partial charge is 0.481 e. The van der Waals surface area contributed by atoms with Gasteiger partial charge in [-0.15, -0.1) is 0 Å². The van der Waals surface area contributed by atoms with Crippen molar-refractivity contribution >= 4 is 11.9 Å². The summed E-state index contributed by atoms with van der Waals surface area (Å²) in [5, 5.41) is 11.7. The molecule has 1 atom stereocenters. The summed E-state index contributed by atoms with van der Waals surface area (Å²) >= 11 is 0. The average molecular weight is 281 g/mol. The molecule has 0 bridgehead atoms. The zero-order valence-electron chi connectivity index (χ0n) is 12.1. The van der Waals surface area contributed by atoms with E-state index in [1.807, 2.05) is 0 Å². The second-order valence-corrected chi connectivity index (χ2v) is 4.58. The van der Waals surface area contributed by atoms with Gasteiger partial charge in [0.25, 0.3) is 0 Å². The lowest BCUT2D eigenvalue weighted by Gasteiger charge is -2.17. The molecule has 1 heterocycles. The number of hydrogen-bond acceptors (Lipinski definition) is 4. The van der Waals surface area contributed by atoms with Crippen molar-refractivity contribution in [2.45, 2.75) is 40.2 Å². The van der Waals surface area contributed by atoms with Gasteiger partial charge in [-0.1, -0.05) is 0 Å². The molecule has 1 aromatic rings.